The lowest BCUT2D eigenvalue weighted by Gasteiger charge is -2.11. The molecule has 0 unspecified atom stereocenters. The van der Waals surface area contributed by atoms with Crippen LogP contribution < -0.4 is 10.6 Å². The van der Waals surface area contributed by atoms with Gasteiger partial charge in [-0.1, -0.05) is 16.6 Å². The molecule has 0 saturated carbocycles. The van der Waals surface area contributed by atoms with Gasteiger partial charge in [-0.25, -0.2) is 0 Å². The predicted molar refractivity (Wildman–Crippen MR) is 63.2 cm³/mol. The van der Waals surface area contributed by atoms with Crippen LogP contribution in [0.4, 0.5) is 0 Å². The second-order valence-electron chi connectivity index (χ2n) is 3.24. The molecule has 1 saturated heterocycles. The lowest BCUT2D eigenvalue weighted by molar-refractivity contribution is 0.534. The Morgan fingerprint density at radius 2 is 1.67 bits per heavy atom. The molecule has 15 heavy (non-hydrogen) atoms. The summed E-state index contributed by atoms with van der Waals surface area (Å²) in [4.78, 5) is 0. The minimum Gasteiger partial charge on any atom is -0.314 e. The highest BCUT2D eigenvalue weighted by Gasteiger charge is 1.92. The fraction of sp³-hybridized carbons (Fsp3) is 0.400. The van der Waals surface area contributed by atoms with Gasteiger partial charge in [0.25, 0.3) is 0 Å². The molecule has 2 heterocycles. The first-order valence-electron chi connectivity index (χ1n) is 5.05. The summed E-state index contributed by atoms with van der Waals surface area (Å²) in [6.07, 6.45) is 0. The highest BCUT2D eigenvalue weighted by atomic mass is 32.1. The first-order valence-corrected chi connectivity index (χ1v) is 5.83. The number of nitrogens with one attached hydrogen (secondary N) is 2. The van der Waals surface area contributed by atoms with Crippen LogP contribution >= 0.6 is 11.5 Å². The van der Waals surface area contributed by atoms with E-state index in [4.69, 9.17) is 0 Å². The zero-order chi connectivity index (χ0) is 10.3. The number of hydrogen-bond donors (Lipinski definition) is 2. The second-order valence-corrected chi connectivity index (χ2v) is 4.03. The highest BCUT2D eigenvalue weighted by Crippen LogP contribution is 2.12. The van der Waals surface area contributed by atoms with Gasteiger partial charge in [0, 0.05) is 26.2 Å². The topological polar surface area (TPSA) is 49.8 Å². The standard InChI is InChI=1S/C6H4N2S.C4H10N2/c1-2-4-6-5(3-1)7-8-9-6;1-2-6-4-3-5-1/h1-4H;5-6H,1-4H2. The normalized spacial score (nSPS) is 15.7. The summed E-state index contributed by atoms with van der Waals surface area (Å²) in [6, 6.07) is 7.92. The van der Waals surface area contributed by atoms with Crippen LogP contribution in [0.25, 0.3) is 10.2 Å². The third-order valence-corrected chi connectivity index (χ3v) is 2.82. The Hall–Kier alpha value is -1.04. The van der Waals surface area contributed by atoms with E-state index in [-0.39, 0.29) is 0 Å². The van der Waals surface area contributed by atoms with Crippen molar-refractivity contribution in [1.29, 1.82) is 0 Å². The molecule has 0 atom stereocenters. The second kappa shape index (κ2) is 5.75. The van der Waals surface area contributed by atoms with Crippen molar-refractivity contribution in [3.8, 4) is 0 Å². The number of piperazine rings is 1. The largest absolute Gasteiger partial charge is 0.314 e. The highest BCUT2D eigenvalue weighted by molar-refractivity contribution is 7.12. The third-order valence-electron chi connectivity index (χ3n) is 2.11. The van der Waals surface area contributed by atoms with Crippen molar-refractivity contribution in [2.75, 3.05) is 26.2 Å². The van der Waals surface area contributed by atoms with Crippen molar-refractivity contribution in [3.05, 3.63) is 24.3 Å². The Morgan fingerprint density at radius 1 is 1.00 bits per heavy atom. The van der Waals surface area contributed by atoms with E-state index < -0.39 is 0 Å². The monoisotopic (exact) mass is 222 g/mol. The minimum absolute atomic E-state index is 0.988. The van der Waals surface area contributed by atoms with Crippen molar-refractivity contribution in [1.82, 2.24) is 20.2 Å². The maximum Gasteiger partial charge on any atom is 0.105 e. The van der Waals surface area contributed by atoms with Crippen LogP contribution in [0.1, 0.15) is 0 Å². The Labute approximate surface area is 92.9 Å². The number of benzene rings is 1. The fourth-order valence-corrected chi connectivity index (χ4v) is 1.89. The number of hydrogen-bond acceptors (Lipinski definition) is 5. The van der Waals surface area contributed by atoms with E-state index in [0.29, 0.717) is 0 Å². The molecule has 2 aromatic rings. The van der Waals surface area contributed by atoms with Gasteiger partial charge in [0.2, 0.25) is 0 Å². The smallest absolute Gasteiger partial charge is 0.105 e. The van der Waals surface area contributed by atoms with Crippen LogP contribution in [0.5, 0.6) is 0 Å². The van der Waals surface area contributed by atoms with E-state index in [2.05, 4.69) is 20.2 Å². The predicted octanol–water partition coefficient (Wildman–Crippen LogP) is 0.870. The van der Waals surface area contributed by atoms with Crippen LogP contribution in [0.2, 0.25) is 0 Å². The van der Waals surface area contributed by atoms with Gasteiger partial charge >= 0.3 is 0 Å². The fourth-order valence-electron chi connectivity index (χ4n) is 1.33. The summed E-state index contributed by atoms with van der Waals surface area (Å²) in [7, 11) is 0. The van der Waals surface area contributed by atoms with E-state index in [1.807, 2.05) is 24.3 Å². The molecule has 1 fully saturated rings. The van der Waals surface area contributed by atoms with Gasteiger partial charge in [0.05, 0.1) is 4.70 Å². The molecule has 4 nitrogen and oxygen atoms in total. The summed E-state index contributed by atoms with van der Waals surface area (Å²) >= 11 is 1.43. The summed E-state index contributed by atoms with van der Waals surface area (Å²) in [5.41, 5.74) is 0.988. The number of fused-ring (bicyclic) bond motifs is 1. The Morgan fingerprint density at radius 3 is 2.27 bits per heavy atom. The van der Waals surface area contributed by atoms with E-state index in [0.717, 1.165) is 36.4 Å². The van der Waals surface area contributed by atoms with Crippen LogP contribution in [0.3, 0.4) is 0 Å². The number of rotatable bonds is 0. The SMILES string of the molecule is C1CNCCN1.c1ccc2snnc2c1. The molecule has 1 aromatic carbocycles. The third kappa shape index (κ3) is 3.23. The molecule has 2 N–H and O–H groups in total. The molecular formula is C10H14N4S. The van der Waals surface area contributed by atoms with Gasteiger partial charge in [0.1, 0.15) is 5.52 Å². The van der Waals surface area contributed by atoms with Gasteiger partial charge in [-0.05, 0) is 23.7 Å². The molecule has 3 rings (SSSR count). The lowest BCUT2D eigenvalue weighted by atomic mass is 10.3. The average molecular weight is 222 g/mol. The summed E-state index contributed by atoms with van der Waals surface area (Å²) < 4.78 is 4.94. The van der Waals surface area contributed by atoms with Gasteiger partial charge in [0.15, 0.2) is 0 Å². The zero-order valence-corrected chi connectivity index (χ0v) is 9.26. The average Bonchev–Trinajstić information content (AvgIpc) is 2.80. The van der Waals surface area contributed by atoms with Crippen molar-refractivity contribution in [2.24, 2.45) is 0 Å². The van der Waals surface area contributed by atoms with Gasteiger partial charge in [-0.3, -0.25) is 0 Å². The van der Waals surface area contributed by atoms with Crippen LogP contribution in [-0.4, -0.2) is 35.8 Å². The Bertz CT molecular complexity index is 355. The van der Waals surface area contributed by atoms with Gasteiger partial charge in [-0.2, -0.15) is 0 Å². The van der Waals surface area contributed by atoms with E-state index >= 15 is 0 Å². The quantitative estimate of drug-likeness (QED) is 0.694. The molecule has 0 amide bonds. The molecule has 0 aliphatic carbocycles. The minimum atomic E-state index is 0.988. The maximum absolute atomic E-state index is 3.89. The first kappa shape index (κ1) is 10.5. The Kier molecular flexibility index (Phi) is 4.01. The molecular weight excluding hydrogens is 208 g/mol. The van der Waals surface area contributed by atoms with E-state index in [1.165, 1.54) is 11.5 Å². The molecule has 1 aromatic heterocycles. The van der Waals surface area contributed by atoms with Gasteiger partial charge in [-0.15, -0.1) is 5.10 Å². The van der Waals surface area contributed by atoms with Crippen molar-refractivity contribution >= 4 is 21.7 Å². The number of nitrogens with zero attached hydrogens (tertiary/aromatic N) is 2. The zero-order valence-electron chi connectivity index (χ0n) is 8.44. The lowest BCUT2D eigenvalue weighted by Crippen LogP contribution is -2.39. The maximum atomic E-state index is 3.89. The summed E-state index contributed by atoms with van der Waals surface area (Å²) in [6.45, 7) is 4.56. The van der Waals surface area contributed by atoms with E-state index in [1.54, 1.807) is 0 Å². The Balaban J connectivity index is 0.000000124. The van der Waals surface area contributed by atoms with Crippen LogP contribution in [0.15, 0.2) is 24.3 Å². The van der Waals surface area contributed by atoms with Crippen LogP contribution in [-0.2, 0) is 0 Å². The van der Waals surface area contributed by atoms with E-state index in [9.17, 15) is 0 Å². The molecule has 5 heteroatoms. The van der Waals surface area contributed by atoms with Crippen molar-refractivity contribution in [3.63, 3.8) is 0 Å². The molecule has 1 aliphatic heterocycles. The number of aromatic nitrogens is 2. The molecule has 0 bridgehead atoms. The summed E-state index contributed by atoms with van der Waals surface area (Å²) in [5, 5.41) is 10.3. The molecule has 0 radical (unpaired) electrons. The summed E-state index contributed by atoms with van der Waals surface area (Å²) in [5.74, 6) is 0. The first-order chi connectivity index (χ1) is 7.47. The molecule has 80 valence electrons. The van der Waals surface area contributed by atoms with Crippen LogP contribution in [0, 0.1) is 0 Å². The van der Waals surface area contributed by atoms with Crippen molar-refractivity contribution < 1.29 is 0 Å². The van der Waals surface area contributed by atoms with Gasteiger partial charge < -0.3 is 10.6 Å². The van der Waals surface area contributed by atoms with Crippen molar-refractivity contribution in [2.45, 2.75) is 0 Å². The molecule has 1 aliphatic rings. The molecule has 0 spiro atoms.